The number of carboxylic acids is 1. The SMILES string of the molecule is CC(C)Cc1ccc(N(C)c2ccc3c(c2)CCN(C)[C@H]3CCc2cnccc2C(=O)O)cc1. The van der Waals surface area contributed by atoms with Crippen molar-refractivity contribution in [1.82, 2.24) is 9.88 Å². The number of hydrogen-bond donors (Lipinski definition) is 1. The van der Waals surface area contributed by atoms with Crippen LogP contribution in [0.25, 0.3) is 0 Å². The maximum atomic E-state index is 11.6. The average Bonchev–Trinajstić information content (AvgIpc) is 2.83. The van der Waals surface area contributed by atoms with Crippen LogP contribution in [0.15, 0.2) is 60.9 Å². The second-order valence-corrected chi connectivity index (χ2v) is 9.83. The van der Waals surface area contributed by atoms with Crippen LogP contribution in [0.4, 0.5) is 11.4 Å². The Hall–Kier alpha value is -3.18. The summed E-state index contributed by atoms with van der Waals surface area (Å²) in [5, 5.41) is 9.50. The molecule has 34 heavy (non-hydrogen) atoms. The van der Waals surface area contributed by atoms with E-state index in [1.165, 1.54) is 28.1 Å². The molecule has 2 aromatic carbocycles. The van der Waals surface area contributed by atoms with Crippen LogP contribution in [0.1, 0.15) is 58.9 Å². The zero-order valence-electron chi connectivity index (χ0n) is 20.7. The van der Waals surface area contributed by atoms with Crippen molar-refractivity contribution >= 4 is 17.3 Å². The predicted molar refractivity (Wildman–Crippen MR) is 138 cm³/mol. The van der Waals surface area contributed by atoms with E-state index in [-0.39, 0.29) is 6.04 Å². The van der Waals surface area contributed by atoms with Crippen LogP contribution < -0.4 is 4.90 Å². The first-order chi connectivity index (χ1) is 16.3. The minimum absolute atomic E-state index is 0.264. The standard InChI is InChI=1S/C29H35N3O2/c1-20(2)17-21-5-8-24(9-6-21)32(4)25-10-11-26-22(18-25)14-16-31(3)28(26)12-7-23-19-30-15-13-27(23)29(33)34/h5-6,8-11,13,15,18-20,28H,7,12,14,16-17H2,1-4H3,(H,33,34)/t28-/m0/s1. The lowest BCUT2D eigenvalue weighted by atomic mass is 9.88. The fraction of sp³-hybridized carbons (Fsp3) is 0.379. The van der Waals surface area contributed by atoms with E-state index in [0.717, 1.165) is 31.4 Å². The Balaban J connectivity index is 1.52. The van der Waals surface area contributed by atoms with E-state index in [1.54, 1.807) is 18.5 Å². The molecule has 5 nitrogen and oxygen atoms in total. The Kier molecular flexibility index (Phi) is 7.32. The first kappa shape index (κ1) is 24.0. The Morgan fingerprint density at radius 1 is 1.15 bits per heavy atom. The van der Waals surface area contributed by atoms with E-state index in [9.17, 15) is 9.90 Å². The summed E-state index contributed by atoms with van der Waals surface area (Å²) in [5.74, 6) is -0.233. The molecule has 0 bridgehead atoms. The van der Waals surface area contributed by atoms with Crippen molar-refractivity contribution < 1.29 is 9.90 Å². The number of aryl methyl sites for hydroxylation is 1. The second-order valence-electron chi connectivity index (χ2n) is 9.83. The lowest BCUT2D eigenvalue weighted by Crippen LogP contribution is -2.32. The lowest BCUT2D eigenvalue weighted by Gasteiger charge is -2.35. The monoisotopic (exact) mass is 457 g/mol. The zero-order valence-corrected chi connectivity index (χ0v) is 20.7. The van der Waals surface area contributed by atoms with Crippen LogP contribution in [0, 0.1) is 5.92 Å². The number of benzene rings is 2. The number of carboxylic acid groups (broad SMARTS) is 1. The van der Waals surface area contributed by atoms with Crippen molar-refractivity contribution in [1.29, 1.82) is 0 Å². The van der Waals surface area contributed by atoms with E-state index in [1.807, 2.05) is 0 Å². The van der Waals surface area contributed by atoms with Gasteiger partial charge in [-0.15, -0.1) is 0 Å². The Labute approximate surface area is 203 Å². The number of nitrogens with zero attached hydrogens (tertiary/aromatic N) is 3. The summed E-state index contributed by atoms with van der Waals surface area (Å²) in [6.45, 7) is 5.49. The second kappa shape index (κ2) is 10.4. The van der Waals surface area contributed by atoms with Crippen LogP contribution in [0.2, 0.25) is 0 Å². The number of rotatable bonds is 8. The van der Waals surface area contributed by atoms with Crippen LogP contribution in [-0.4, -0.2) is 41.6 Å². The molecule has 0 aliphatic carbocycles. The van der Waals surface area contributed by atoms with Crippen molar-refractivity contribution in [2.75, 3.05) is 25.5 Å². The molecule has 0 fully saturated rings. The van der Waals surface area contributed by atoms with Gasteiger partial charge in [-0.2, -0.15) is 0 Å². The number of fused-ring (bicyclic) bond motifs is 1. The van der Waals surface area contributed by atoms with E-state index in [0.29, 0.717) is 17.9 Å². The molecule has 1 N–H and O–H groups in total. The topological polar surface area (TPSA) is 56.7 Å². The highest BCUT2D eigenvalue weighted by molar-refractivity contribution is 5.89. The van der Waals surface area contributed by atoms with Gasteiger partial charge in [0, 0.05) is 43.4 Å². The fourth-order valence-corrected chi connectivity index (χ4v) is 5.01. The summed E-state index contributed by atoms with van der Waals surface area (Å²) in [4.78, 5) is 20.4. The van der Waals surface area contributed by atoms with Gasteiger partial charge in [0.2, 0.25) is 0 Å². The minimum atomic E-state index is -0.889. The van der Waals surface area contributed by atoms with Gasteiger partial charge < -0.3 is 10.0 Å². The van der Waals surface area contributed by atoms with E-state index < -0.39 is 5.97 Å². The molecule has 4 rings (SSSR count). The van der Waals surface area contributed by atoms with Gasteiger partial charge in [-0.25, -0.2) is 4.79 Å². The maximum absolute atomic E-state index is 11.6. The van der Waals surface area contributed by atoms with Crippen molar-refractivity contribution in [3.63, 3.8) is 0 Å². The Morgan fingerprint density at radius 2 is 1.88 bits per heavy atom. The molecule has 0 saturated heterocycles. The van der Waals surface area contributed by atoms with Crippen LogP contribution in [0.3, 0.4) is 0 Å². The molecular weight excluding hydrogens is 422 g/mol. The minimum Gasteiger partial charge on any atom is -0.478 e. The summed E-state index contributed by atoms with van der Waals surface area (Å²) >= 11 is 0. The van der Waals surface area contributed by atoms with Crippen molar-refractivity contribution in [3.8, 4) is 0 Å². The van der Waals surface area contributed by atoms with Crippen LogP contribution in [0.5, 0.6) is 0 Å². The number of aromatic carboxylic acids is 1. The summed E-state index contributed by atoms with van der Waals surface area (Å²) in [5.41, 5.74) is 7.64. The third-order valence-corrected chi connectivity index (χ3v) is 6.93. The summed E-state index contributed by atoms with van der Waals surface area (Å²) in [6.07, 6.45) is 6.91. The van der Waals surface area contributed by atoms with Gasteiger partial charge >= 0.3 is 5.97 Å². The first-order valence-corrected chi connectivity index (χ1v) is 12.2. The molecular formula is C29H35N3O2. The van der Waals surface area contributed by atoms with Crippen LogP contribution in [-0.2, 0) is 19.3 Å². The molecule has 1 aromatic heterocycles. The number of aromatic nitrogens is 1. The number of pyridine rings is 1. The third kappa shape index (κ3) is 5.31. The fourth-order valence-electron chi connectivity index (χ4n) is 5.01. The van der Waals surface area contributed by atoms with Gasteiger partial charge in [-0.3, -0.25) is 9.88 Å². The van der Waals surface area contributed by atoms with Gasteiger partial charge in [0.1, 0.15) is 0 Å². The van der Waals surface area contributed by atoms with E-state index in [4.69, 9.17) is 0 Å². The number of hydrogen-bond acceptors (Lipinski definition) is 4. The molecule has 0 spiro atoms. The average molecular weight is 458 g/mol. The highest BCUT2D eigenvalue weighted by Gasteiger charge is 2.26. The number of anilines is 2. The highest BCUT2D eigenvalue weighted by atomic mass is 16.4. The molecule has 5 heteroatoms. The Bertz CT molecular complexity index is 1140. The summed E-state index contributed by atoms with van der Waals surface area (Å²) < 4.78 is 0. The Morgan fingerprint density at radius 3 is 2.59 bits per heavy atom. The number of likely N-dealkylation sites (N-methyl/N-ethyl adjacent to an activating group) is 1. The summed E-state index contributed by atoms with van der Waals surface area (Å²) in [7, 11) is 4.29. The van der Waals surface area contributed by atoms with Gasteiger partial charge in [0.05, 0.1) is 5.56 Å². The van der Waals surface area contributed by atoms with Crippen molar-refractivity contribution in [2.24, 2.45) is 5.92 Å². The number of carbonyl (C=O) groups is 1. The van der Waals surface area contributed by atoms with Gasteiger partial charge in [-0.1, -0.05) is 32.0 Å². The molecule has 0 amide bonds. The molecule has 178 valence electrons. The largest absolute Gasteiger partial charge is 0.478 e. The molecule has 1 atom stereocenters. The molecule has 1 aliphatic heterocycles. The smallest absolute Gasteiger partial charge is 0.336 e. The van der Waals surface area contributed by atoms with Gasteiger partial charge in [0.15, 0.2) is 0 Å². The lowest BCUT2D eigenvalue weighted by molar-refractivity contribution is 0.0695. The first-order valence-electron chi connectivity index (χ1n) is 12.2. The molecule has 0 saturated carbocycles. The predicted octanol–water partition coefficient (Wildman–Crippen LogP) is 5.91. The molecule has 3 aromatic rings. The molecule has 1 aliphatic rings. The van der Waals surface area contributed by atoms with Crippen molar-refractivity contribution in [2.45, 2.75) is 45.6 Å². The highest BCUT2D eigenvalue weighted by Crippen LogP contribution is 2.36. The molecule has 0 unspecified atom stereocenters. The van der Waals surface area contributed by atoms with E-state index in [2.05, 4.69) is 85.2 Å². The summed E-state index contributed by atoms with van der Waals surface area (Å²) in [6, 6.07) is 17.5. The van der Waals surface area contributed by atoms with Crippen LogP contribution >= 0.6 is 0 Å². The molecule has 0 radical (unpaired) electrons. The van der Waals surface area contributed by atoms with Gasteiger partial charge in [-0.05, 0) is 91.2 Å². The molecule has 2 heterocycles. The quantitative estimate of drug-likeness (QED) is 0.456. The zero-order chi connectivity index (χ0) is 24.2. The normalized spacial score (nSPS) is 15.9. The van der Waals surface area contributed by atoms with Gasteiger partial charge in [0.25, 0.3) is 0 Å². The van der Waals surface area contributed by atoms with Crippen molar-refractivity contribution in [3.05, 3.63) is 88.7 Å². The van der Waals surface area contributed by atoms with E-state index >= 15 is 0 Å². The maximum Gasteiger partial charge on any atom is 0.336 e. The third-order valence-electron chi connectivity index (χ3n) is 6.93.